The predicted molar refractivity (Wildman–Crippen MR) is 99.4 cm³/mol. The minimum atomic E-state index is -4.42. The van der Waals surface area contributed by atoms with Crippen LogP contribution in [0.5, 0.6) is 0 Å². The molecule has 0 radical (unpaired) electrons. The monoisotopic (exact) mass is 408 g/mol. The molecule has 0 amide bonds. The quantitative estimate of drug-likeness (QED) is 0.805. The number of hydrogen-bond acceptors (Lipinski definition) is 3. The fraction of sp³-hybridized carbons (Fsp3) is 0.350. The van der Waals surface area contributed by atoms with Crippen LogP contribution >= 0.6 is 0 Å². The molecule has 148 valence electrons. The summed E-state index contributed by atoms with van der Waals surface area (Å²) in [4.78, 5) is 4.12. The van der Waals surface area contributed by atoms with Gasteiger partial charge in [-0.2, -0.15) is 13.2 Å². The van der Waals surface area contributed by atoms with E-state index in [1.54, 1.807) is 12.1 Å². The molecule has 1 aromatic heterocycles. The van der Waals surface area contributed by atoms with Crippen molar-refractivity contribution in [3.63, 3.8) is 0 Å². The SMILES string of the molecule is NS(=O)(=O)c1ccc(C2=C(c3ccc(C(F)(F)F)cn3)CC3(CCC3)C2)cc1. The molecule has 1 spiro atoms. The Bertz CT molecular complexity index is 1040. The first kappa shape index (κ1) is 19.1. The summed E-state index contributed by atoms with van der Waals surface area (Å²) in [5.41, 5.74) is 2.74. The molecule has 0 saturated heterocycles. The molecule has 0 unspecified atom stereocenters. The van der Waals surface area contributed by atoms with Crippen LogP contribution in [0.25, 0.3) is 11.1 Å². The Morgan fingerprint density at radius 1 is 0.964 bits per heavy atom. The van der Waals surface area contributed by atoms with Crippen LogP contribution in [0.15, 0.2) is 47.5 Å². The van der Waals surface area contributed by atoms with Crippen LogP contribution in [-0.4, -0.2) is 13.4 Å². The summed E-state index contributed by atoms with van der Waals surface area (Å²) in [5.74, 6) is 0. The van der Waals surface area contributed by atoms with E-state index in [1.807, 2.05) is 0 Å². The molecule has 2 aliphatic carbocycles. The van der Waals surface area contributed by atoms with E-state index in [9.17, 15) is 21.6 Å². The maximum absolute atomic E-state index is 12.8. The maximum Gasteiger partial charge on any atom is 0.417 e. The fourth-order valence-electron chi connectivity index (χ4n) is 4.16. The van der Waals surface area contributed by atoms with Crippen molar-refractivity contribution in [2.24, 2.45) is 10.6 Å². The number of rotatable bonds is 3. The molecule has 1 heterocycles. The first-order chi connectivity index (χ1) is 13.1. The van der Waals surface area contributed by atoms with Crippen molar-refractivity contribution in [3.8, 4) is 0 Å². The molecule has 2 aliphatic rings. The number of benzene rings is 1. The van der Waals surface area contributed by atoms with Gasteiger partial charge in [0.05, 0.1) is 16.2 Å². The second-order valence-corrected chi connectivity index (χ2v) is 9.22. The number of alkyl halides is 3. The maximum atomic E-state index is 12.8. The topological polar surface area (TPSA) is 73.1 Å². The van der Waals surface area contributed by atoms with E-state index in [0.29, 0.717) is 5.69 Å². The summed E-state index contributed by atoms with van der Waals surface area (Å²) in [5, 5.41) is 5.16. The number of allylic oxidation sites excluding steroid dienone is 2. The number of hydrogen-bond donors (Lipinski definition) is 1. The first-order valence-electron chi connectivity index (χ1n) is 8.96. The highest BCUT2D eigenvalue weighted by Crippen LogP contribution is 2.59. The predicted octanol–water partition coefficient (Wildman–Crippen LogP) is 4.62. The Hall–Kier alpha value is -2.19. The molecule has 1 fully saturated rings. The molecule has 2 N–H and O–H groups in total. The molecular weight excluding hydrogens is 389 g/mol. The average molecular weight is 408 g/mol. The van der Waals surface area contributed by atoms with E-state index in [0.717, 1.165) is 61.1 Å². The summed E-state index contributed by atoms with van der Waals surface area (Å²) in [7, 11) is -3.78. The normalized spacial score (nSPS) is 19.1. The number of sulfonamides is 1. The number of aromatic nitrogens is 1. The molecule has 1 saturated carbocycles. The van der Waals surface area contributed by atoms with Crippen LogP contribution in [0.4, 0.5) is 13.2 Å². The Kier molecular flexibility index (Phi) is 4.39. The molecular formula is C20H19F3N2O2S. The van der Waals surface area contributed by atoms with Gasteiger partial charge in [0.15, 0.2) is 0 Å². The lowest BCUT2D eigenvalue weighted by atomic mass is 9.66. The zero-order valence-corrected chi connectivity index (χ0v) is 15.8. The lowest BCUT2D eigenvalue weighted by Gasteiger charge is -2.39. The summed E-state index contributed by atoms with van der Waals surface area (Å²) in [6.45, 7) is 0. The Morgan fingerprint density at radius 3 is 2.07 bits per heavy atom. The zero-order chi connectivity index (χ0) is 20.2. The number of nitrogens with zero attached hydrogens (tertiary/aromatic N) is 1. The lowest BCUT2D eigenvalue weighted by molar-refractivity contribution is -0.137. The van der Waals surface area contributed by atoms with Gasteiger partial charge in [0.25, 0.3) is 0 Å². The minimum Gasteiger partial charge on any atom is -0.256 e. The van der Waals surface area contributed by atoms with Crippen LogP contribution < -0.4 is 5.14 Å². The van der Waals surface area contributed by atoms with Crippen molar-refractivity contribution < 1.29 is 21.6 Å². The highest BCUT2D eigenvalue weighted by atomic mass is 32.2. The Morgan fingerprint density at radius 2 is 1.61 bits per heavy atom. The number of nitrogens with two attached hydrogens (primary N) is 1. The van der Waals surface area contributed by atoms with Crippen molar-refractivity contribution in [2.45, 2.75) is 43.2 Å². The number of pyridine rings is 1. The summed E-state index contributed by atoms with van der Waals surface area (Å²) < 4.78 is 61.5. The molecule has 1 aromatic carbocycles. The third kappa shape index (κ3) is 3.46. The summed E-state index contributed by atoms with van der Waals surface area (Å²) in [6, 6.07) is 8.81. The zero-order valence-electron chi connectivity index (χ0n) is 15.0. The van der Waals surface area contributed by atoms with E-state index in [1.165, 1.54) is 18.2 Å². The van der Waals surface area contributed by atoms with Crippen LogP contribution in [0.3, 0.4) is 0 Å². The molecule has 8 heteroatoms. The van der Waals surface area contributed by atoms with Crippen molar-refractivity contribution in [2.75, 3.05) is 0 Å². The third-order valence-electron chi connectivity index (χ3n) is 5.81. The van der Waals surface area contributed by atoms with E-state index < -0.39 is 21.8 Å². The highest BCUT2D eigenvalue weighted by molar-refractivity contribution is 7.89. The van der Waals surface area contributed by atoms with Crippen LogP contribution in [0, 0.1) is 5.41 Å². The number of primary sulfonamides is 1. The van der Waals surface area contributed by atoms with Gasteiger partial charge < -0.3 is 0 Å². The second kappa shape index (κ2) is 6.42. The van der Waals surface area contributed by atoms with Crippen LogP contribution in [0.2, 0.25) is 0 Å². The van der Waals surface area contributed by atoms with E-state index in [4.69, 9.17) is 5.14 Å². The van der Waals surface area contributed by atoms with Gasteiger partial charge in [-0.25, -0.2) is 13.6 Å². The summed E-state index contributed by atoms with van der Waals surface area (Å²) in [6.07, 6.45) is 1.35. The molecule has 0 atom stereocenters. The van der Waals surface area contributed by atoms with Gasteiger partial charge in [-0.05, 0) is 72.1 Å². The van der Waals surface area contributed by atoms with Crippen molar-refractivity contribution >= 4 is 21.2 Å². The fourth-order valence-corrected chi connectivity index (χ4v) is 4.68. The highest BCUT2D eigenvalue weighted by Gasteiger charge is 2.44. The van der Waals surface area contributed by atoms with Gasteiger partial charge in [0, 0.05) is 6.20 Å². The van der Waals surface area contributed by atoms with Crippen LogP contribution in [0.1, 0.15) is 48.9 Å². The Balaban J connectivity index is 1.74. The molecule has 28 heavy (non-hydrogen) atoms. The van der Waals surface area contributed by atoms with Gasteiger partial charge in [-0.1, -0.05) is 18.6 Å². The van der Waals surface area contributed by atoms with E-state index in [-0.39, 0.29) is 10.3 Å². The van der Waals surface area contributed by atoms with E-state index in [2.05, 4.69) is 4.98 Å². The van der Waals surface area contributed by atoms with Gasteiger partial charge in [0.1, 0.15) is 0 Å². The van der Waals surface area contributed by atoms with Crippen molar-refractivity contribution in [3.05, 3.63) is 59.4 Å². The van der Waals surface area contributed by atoms with Crippen molar-refractivity contribution in [1.82, 2.24) is 4.98 Å². The van der Waals surface area contributed by atoms with Gasteiger partial charge in [0.2, 0.25) is 10.0 Å². The van der Waals surface area contributed by atoms with Gasteiger partial charge in [-0.15, -0.1) is 0 Å². The summed E-state index contributed by atoms with van der Waals surface area (Å²) >= 11 is 0. The largest absolute Gasteiger partial charge is 0.417 e. The van der Waals surface area contributed by atoms with Crippen molar-refractivity contribution in [1.29, 1.82) is 0 Å². The number of halogens is 3. The first-order valence-corrected chi connectivity index (χ1v) is 10.5. The molecule has 4 rings (SSSR count). The molecule has 0 aliphatic heterocycles. The molecule has 2 aromatic rings. The van der Waals surface area contributed by atoms with Gasteiger partial charge >= 0.3 is 6.18 Å². The van der Waals surface area contributed by atoms with Crippen LogP contribution in [-0.2, 0) is 16.2 Å². The standard InChI is InChI=1S/C20H19F3N2O2S/c21-20(22,23)14-4-7-18(25-12-14)17-11-19(8-1-9-19)10-16(17)13-2-5-15(6-3-13)28(24,26)27/h2-7,12H,1,8-11H2,(H2,24,26,27). The third-order valence-corrected chi connectivity index (χ3v) is 6.74. The van der Waals surface area contributed by atoms with Gasteiger partial charge in [-0.3, -0.25) is 4.98 Å². The molecule has 0 bridgehead atoms. The average Bonchev–Trinajstić information content (AvgIpc) is 3.02. The molecule has 4 nitrogen and oxygen atoms in total. The lowest BCUT2D eigenvalue weighted by Crippen LogP contribution is -2.26. The van der Waals surface area contributed by atoms with E-state index >= 15 is 0 Å². The second-order valence-electron chi connectivity index (χ2n) is 7.66. The smallest absolute Gasteiger partial charge is 0.256 e. The Labute approximate surface area is 161 Å². The minimum absolute atomic E-state index is 0.0300.